The normalized spacial score (nSPS) is 11.4. The molecule has 13 heavy (non-hydrogen) atoms. The highest BCUT2D eigenvalue weighted by Crippen LogP contribution is 2.14. The van der Waals surface area contributed by atoms with Crippen molar-refractivity contribution in [1.29, 1.82) is 0 Å². The minimum Gasteiger partial charge on any atom is -0.334 e. The van der Waals surface area contributed by atoms with Crippen LogP contribution in [-0.2, 0) is 7.05 Å². The number of hydrogen-bond acceptors (Lipinski definition) is 2. The van der Waals surface area contributed by atoms with Gasteiger partial charge in [-0.1, -0.05) is 13.8 Å². The van der Waals surface area contributed by atoms with Crippen LogP contribution in [0.2, 0.25) is 0 Å². The second-order valence-electron chi connectivity index (χ2n) is 3.59. The van der Waals surface area contributed by atoms with E-state index in [2.05, 4.69) is 23.8 Å². The number of aryl methyl sites for hydroxylation is 1. The summed E-state index contributed by atoms with van der Waals surface area (Å²) in [6.07, 6.45) is 3.84. The van der Waals surface area contributed by atoms with E-state index in [4.69, 9.17) is 0 Å². The molecule has 0 aliphatic carbocycles. The summed E-state index contributed by atoms with van der Waals surface area (Å²) in [5.74, 6) is 0.437. The highest BCUT2D eigenvalue weighted by atomic mass is 15.0. The zero-order chi connectivity index (χ0) is 9.42. The smallest absolute Gasteiger partial charge is 0.158 e. The van der Waals surface area contributed by atoms with E-state index in [1.807, 2.05) is 30.1 Å². The van der Waals surface area contributed by atoms with Crippen molar-refractivity contribution in [2.75, 3.05) is 0 Å². The molecular formula is C10H13N3. The molecular weight excluding hydrogens is 162 g/mol. The van der Waals surface area contributed by atoms with Crippen LogP contribution >= 0.6 is 0 Å². The van der Waals surface area contributed by atoms with Crippen LogP contribution in [0.15, 0.2) is 18.5 Å². The molecule has 0 fully saturated rings. The van der Waals surface area contributed by atoms with Crippen molar-refractivity contribution in [2.24, 2.45) is 7.05 Å². The lowest BCUT2D eigenvalue weighted by atomic mass is 10.1. The Balaban J connectivity index is 2.66. The molecule has 0 spiro atoms. The van der Waals surface area contributed by atoms with Gasteiger partial charge in [0.1, 0.15) is 5.52 Å². The lowest BCUT2D eigenvalue weighted by Gasteiger charge is -2.03. The molecule has 0 saturated carbocycles. The Morgan fingerprint density at radius 1 is 1.38 bits per heavy atom. The van der Waals surface area contributed by atoms with Gasteiger partial charge in [0.2, 0.25) is 0 Å². The summed E-state index contributed by atoms with van der Waals surface area (Å²) in [5, 5.41) is 0. The Hall–Kier alpha value is -1.38. The Kier molecular flexibility index (Phi) is 1.79. The third kappa shape index (κ3) is 1.30. The van der Waals surface area contributed by atoms with Crippen molar-refractivity contribution in [3.05, 3.63) is 24.2 Å². The minimum atomic E-state index is 0.437. The molecule has 2 aromatic rings. The predicted molar refractivity (Wildman–Crippen MR) is 52.6 cm³/mol. The number of fused-ring (bicyclic) bond motifs is 1. The first kappa shape index (κ1) is 8.23. The van der Waals surface area contributed by atoms with Crippen molar-refractivity contribution in [2.45, 2.75) is 19.8 Å². The Morgan fingerprint density at radius 3 is 2.85 bits per heavy atom. The summed E-state index contributed by atoms with van der Waals surface area (Å²) < 4.78 is 1.99. The van der Waals surface area contributed by atoms with Gasteiger partial charge in [0.25, 0.3) is 0 Å². The van der Waals surface area contributed by atoms with Gasteiger partial charge in [0.15, 0.2) is 5.65 Å². The summed E-state index contributed by atoms with van der Waals surface area (Å²) in [4.78, 5) is 8.87. The quantitative estimate of drug-likeness (QED) is 0.664. The van der Waals surface area contributed by atoms with Crippen molar-refractivity contribution in [3.63, 3.8) is 0 Å². The third-order valence-corrected chi connectivity index (χ3v) is 2.18. The molecule has 0 aliphatic rings. The molecule has 68 valence electrons. The van der Waals surface area contributed by atoms with E-state index >= 15 is 0 Å². The maximum atomic E-state index is 4.53. The number of aromatic nitrogens is 3. The van der Waals surface area contributed by atoms with Crippen LogP contribution in [-0.4, -0.2) is 14.5 Å². The van der Waals surface area contributed by atoms with Gasteiger partial charge in [-0.2, -0.15) is 0 Å². The molecule has 0 aromatic carbocycles. The first-order valence-corrected chi connectivity index (χ1v) is 4.46. The van der Waals surface area contributed by atoms with Crippen molar-refractivity contribution in [3.8, 4) is 0 Å². The highest BCUT2D eigenvalue weighted by Gasteiger charge is 2.05. The second-order valence-corrected chi connectivity index (χ2v) is 3.59. The van der Waals surface area contributed by atoms with Crippen LogP contribution in [0.3, 0.4) is 0 Å². The van der Waals surface area contributed by atoms with Crippen molar-refractivity contribution in [1.82, 2.24) is 14.5 Å². The molecule has 0 bridgehead atoms. The van der Waals surface area contributed by atoms with Gasteiger partial charge in [-0.15, -0.1) is 0 Å². The fourth-order valence-corrected chi connectivity index (χ4v) is 1.31. The van der Waals surface area contributed by atoms with Gasteiger partial charge in [0, 0.05) is 19.4 Å². The molecule has 0 radical (unpaired) electrons. The van der Waals surface area contributed by atoms with Gasteiger partial charge in [-0.25, -0.2) is 4.98 Å². The fraction of sp³-hybridized carbons (Fsp3) is 0.400. The number of nitrogens with zero attached hydrogens (tertiary/aromatic N) is 3. The molecule has 2 rings (SSSR count). The fourth-order valence-electron chi connectivity index (χ4n) is 1.31. The summed E-state index contributed by atoms with van der Waals surface area (Å²) in [5.41, 5.74) is 2.98. The van der Waals surface area contributed by atoms with Gasteiger partial charge in [0.05, 0.1) is 5.69 Å². The van der Waals surface area contributed by atoms with Crippen LogP contribution in [0.25, 0.3) is 11.2 Å². The Bertz CT molecular complexity index is 429. The van der Waals surface area contributed by atoms with Crippen LogP contribution in [0.5, 0.6) is 0 Å². The summed E-state index contributed by atoms with van der Waals surface area (Å²) in [7, 11) is 1.99. The zero-order valence-corrected chi connectivity index (χ0v) is 8.15. The SMILES string of the molecule is CC(C)c1cnc2ccn(C)c2n1. The van der Waals surface area contributed by atoms with Crippen LogP contribution in [0.4, 0.5) is 0 Å². The molecule has 0 atom stereocenters. The first-order chi connectivity index (χ1) is 6.18. The molecule has 0 saturated heterocycles. The average Bonchev–Trinajstić information content (AvgIpc) is 2.47. The van der Waals surface area contributed by atoms with Crippen LogP contribution in [0.1, 0.15) is 25.5 Å². The Labute approximate surface area is 77.4 Å². The topological polar surface area (TPSA) is 30.7 Å². The van der Waals surface area contributed by atoms with Crippen molar-refractivity contribution >= 4 is 11.2 Å². The molecule has 3 heteroatoms. The van der Waals surface area contributed by atoms with Gasteiger partial charge in [-0.3, -0.25) is 4.98 Å². The van der Waals surface area contributed by atoms with Gasteiger partial charge >= 0.3 is 0 Å². The maximum Gasteiger partial charge on any atom is 0.158 e. The maximum absolute atomic E-state index is 4.53. The van der Waals surface area contributed by atoms with Crippen molar-refractivity contribution < 1.29 is 0 Å². The summed E-state index contributed by atoms with van der Waals surface area (Å²) >= 11 is 0. The van der Waals surface area contributed by atoms with E-state index < -0.39 is 0 Å². The van der Waals surface area contributed by atoms with E-state index in [9.17, 15) is 0 Å². The van der Waals surface area contributed by atoms with Crippen LogP contribution < -0.4 is 0 Å². The third-order valence-electron chi connectivity index (χ3n) is 2.18. The first-order valence-electron chi connectivity index (χ1n) is 4.46. The monoisotopic (exact) mass is 175 g/mol. The van der Waals surface area contributed by atoms with Gasteiger partial charge < -0.3 is 4.57 Å². The molecule has 0 unspecified atom stereocenters. The Morgan fingerprint density at radius 2 is 2.15 bits per heavy atom. The molecule has 2 aromatic heterocycles. The standard InChI is InChI=1S/C10H13N3/c1-7(2)9-6-11-8-4-5-13(3)10(8)12-9/h4-7H,1-3H3. The largest absolute Gasteiger partial charge is 0.334 e. The van der Waals surface area contributed by atoms with Crippen LogP contribution in [0, 0.1) is 0 Å². The minimum absolute atomic E-state index is 0.437. The lowest BCUT2D eigenvalue weighted by Crippen LogP contribution is -1.96. The zero-order valence-electron chi connectivity index (χ0n) is 8.15. The molecule has 2 heterocycles. The second kappa shape index (κ2) is 2.83. The molecule has 0 amide bonds. The molecule has 3 nitrogen and oxygen atoms in total. The highest BCUT2D eigenvalue weighted by molar-refractivity contribution is 5.70. The van der Waals surface area contributed by atoms with Gasteiger partial charge in [-0.05, 0) is 12.0 Å². The van der Waals surface area contributed by atoms with E-state index in [-0.39, 0.29) is 0 Å². The summed E-state index contributed by atoms with van der Waals surface area (Å²) in [6, 6.07) is 1.98. The predicted octanol–water partition coefficient (Wildman–Crippen LogP) is 2.09. The average molecular weight is 175 g/mol. The van der Waals surface area contributed by atoms with E-state index in [0.29, 0.717) is 5.92 Å². The summed E-state index contributed by atoms with van der Waals surface area (Å²) in [6.45, 7) is 4.25. The molecule has 0 aliphatic heterocycles. The van der Waals surface area contributed by atoms with E-state index in [0.717, 1.165) is 16.9 Å². The molecule has 0 N–H and O–H groups in total. The number of rotatable bonds is 1. The number of hydrogen-bond donors (Lipinski definition) is 0. The van der Waals surface area contributed by atoms with E-state index in [1.165, 1.54) is 0 Å². The van der Waals surface area contributed by atoms with E-state index in [1.54, 1.807) is 0 Å². The lowest BCUT2D eigenvalue weighted by molar-refractivity contribution is 0.812.